The minimum Gasteiger partial charge on any atom is -0.481 e. The van der Waals surface area contributed by atoms with Crippen molar-refractivity contribution in [3.63, 3.8) is 0 Å². The highest BCUT2D eigenvalue weighted by molar-refractivity contribution is 5.94. The molecular weight excluding hydrogens is 226 g/mol. The number of carboxylic acids is 1. The van der Waals surface area contributed by atoms with E-state index in [1.54, 1.807) is 6.92 Å². The first kappa shape index (κ1) is 13.5. The van der Waals surface area contributed by atoms with Crippen LogP contribution in [0.1, 0.15) is 26.2 Å². The summed E-state index contributed by atoms with van der Waals surface area (Å²) < 4.78 is 4.67. The maximum atomic E-state index is 11.7. The van der Waals surface area contributed by atoms with Crippen LogP contribution in [0.4, 0.5) is 0 Å². The van der Waals surface area contributed by atoms with Gasteiger partial charge in [-0.15, -0.1) is 0 Å². The topological polar surface area (TPSA) is 83.9 Å². The Morgan fingerprint density at radius 1 is 1.41 bits per heavy atom. The van der Waals surface area contributed by atoms with Crippen molar-refractivity contribution in [2.45, 2.75) is 26.2 Å². The molecule has 0 aromatic carbocycles. The molecule has 0 aromatic rings. The predicted octanol–water partition coefficient (Wildman–Crippen LogP) is 0.263. The zero-order chi connectivity index (χ0) is 12.8. The molecule has 17 heavy (non-hydrogen) atoms. The van der Waals surface area contributed by atoms with Gasteiger partial charge in [0.1, 0.15) is 6.42 Å². The van der Waals surface area contributed by atoms with Gasteiger partial charge in [0.05, 0.1) is 12.5 Å². The second-order valence-corrected chi connectivity index (χ2v) is 4.00. The van der Waals surface area contributed by atoms with E-state index < -0.39 is 17.9 Å². The average molecular weight is 243 g/mol. The third-order valence-corrected chi connectivity index (χ3v) is 2.72. The molecule has 1 unspecified atom stereocenters. The molecule has 0 aromatic heterocycles. The molecule has 6 nitrogen and oxygen atoms in total. The van der Waals surface area contributed by atoms with Crippen molar-refractivity contribution >= 4 is 17.8 Å². The standard InChI is InChI=1S/C11H17NO5/c1-2-17-10(14)6-9(13)12-5-3-4-8(7-12)11(15)16/h8H,2-7H2,1H3,(H,15,16). The summed E-state index contributed by atoms with van der Waals surface area (Å²) in [5.74, 6) is -2.32. The highest BCUT2D eigenvalue weighted by atomic mass is 16.5. The van der Waals surface area contributed by atoms with Crippen LogP contribution < -0.4 is 0 Å². The molecule has 1 aliphatic rings. The van der Waals surface area contributed by atoms with Crippen LogP contribution in [-0.4, -0.2) is 47.5 Å². The van der Waals surface area contributed by atoms with Gasteiger partial charge in [0.25, 0.3) is 0 Å². The zero-order valence-corrected chi connectivity index (χ0v) is 9.85. The third-order valence-electron chi connectivity index (χ3n) is 2.72. The lowest BCUT2D eigenvalue weighted by molar-refractivity contribution is -0.150. The Hall–Kier alpha value is -1.59. The predicted molar refractivity (Wildman–Crippen MR) is 58.2 cm³/mol. The fourth-order valence-electron chi connectivity index (χ4n) is 1.85. The lowest BCUT2D eigenvalue weighted by Gasteiger charge is -2.30. The molecule has 0 spiro atoms. The summed E-state index contributed by atoms with van der Waals surface area (Å²) >= 11 is 0. The van der Waals surface area contributed by atoms with Gasteiger partial charge < -0.3 is 14.7 Å². The second-order valence-electron chi connectivity index (χ2n) is 4.00. The molecule has 6 heteroatoms. The molecule has 1 N–H and O–H groups in total. The number of aliphatic carboxylic acids is 1. The molecular formula is C11H17NO5. The maximum Gasteiger partial charge on any atom is 0.315 e. The molecule has 1 aliphatic heterocycles. The van der Waals surface area contributed by atoms with Gasteiger partial charge in [0, 0.05) is 13.1 Å². The Balaban J connectivity index is 2.46. The normalized spacial score (nSPS) is 19.8. The number of ether oxygens (including phenoxy) is 1. The van der Waals surface area contributed by atoms with E-state index in [4.69, 9.17) is 5.11 Å². The van der Waals surface area contributed by atoms with Gasteiger partial charge in [-0.2, -0.15) is 0 Å². The van der Waals surface area contributed by atoms with Gasteiger partial charge in [0.2, 0.25) is 5.91 Å². The van der Waals surface area contributed by atoms with E-state index in [9.17, 15) is 14.4 Å². The summed E-state index contributed by atoms with van der Waals surface area (Å²) in [4.78, 5) is 35.1. The van der Waals surface area contributed by atoms with E-state index >= 15 is 0 Å². The number of piperidine rings is 1. The van der Waals surface area contributed by atoms with Crippen LogP contribution in [0, 0.1) is 5.92 Å². The Bertz CT molecular complexity index is 315. The summed E-state index contributed by atoms with van der Waals surface area (Å²) in [6.07, 6.45) is 0.935. The molecule has 0 bridgehead atoms. The van der Waals surface area contributed by atoms with E-state index in [1.165, 1.54) is 4.90 Å². The van der Waals surface area contributed by atoms with Gasteiger partial charge in [-0.3, -0.25) is 14.4 Å². The molecule has 0 aliphatic carbocycles. The second kappa shape index (κ2) is 6.22. The molecule has 1 rings (SSSR count). The average Bonchev–Trinajstić information content (AvgIpc) is 2.29. The number of carboxylic acid groups (broad SMARTS) is 1. The van der Waals surface area contributed by atoms with Gasteiger partial charge >= 0.3 is 11.9 Å². The van der Waals surface area contributed by atoms with Crippen LogP contribution in [0.5, 0.6) is 0 Å². The monoisotopic (exact) mass is 243 g/mol. The molecule has 1 amide bonds. The molecule has 1 saturated heterocycles. The zero-order valence-electron chi connectivity index (χ0n) is 9.85. The summed E-state index contributed by atoms with van der Waals surface area (Å²) in [7, 11) is 0. The van der Waals surface area contributed by atoms with Crippen LogP contribution in [0.15, 0.2) is 0 Å². The van der Waals surface area contributed by atoms with Crippen molar-refractivity contribution in [2.24, 2.45) is 5.92 Å². The molecule has 1 fully saturated rings. The van der Waals surface area contributed by atoms with Crippen molar-refractivity contribution in [3.05, 3.63) is 0 Å². The Morgan fingerprint density at radius 2 is 2.12 bits per heavy atom. The summed E-state index contributed by atoms with van der Waals surface area (Å²) in [6.45, 7) is 2.61. The van der Waals surface area contributed by atoms with Crippen molar-refractivity contribution < 1.29 is 24.2 Å². The number of amides is 1. The van der Waals surface area contributed by atoms with Gasteiger partial charge in [-0.05, 0) is 19.8 Å². The Labute approximate surface area is 99.5 Å². The van der Waals surface area contributed by atoms with Crippen molar-refractivity contribution in [2.75, 3.05) is 19.7 Å². The molecule has 0 saturated carbocycles. The maximum absolute atomic E-state index is 11.7. The third kappa shape index (κ3) is 4.05. The summed E-state index contributed by atoms with van der Waals surface area (Å²) in [6, 6.07) is 0. The first-order valence-electron chi connectivity index (χ1n) is 5.70. The first-order valence-corrected chi connectivity index (χ1v) is 5.70. The van der Waals surface area contributed by atoms with Crippen LogP contribution >= 0.6 is 0 Å². The van der Waals surface area contributed by atoms with E-state index in [2.05, 4.69) is 4.74 Å². The molecule has 0 radical (unpaired) electrons. The number of rotatable bonds is 4. The summed E-state index contributed by atoms with van der Waals surface area (Å²) in [5, 5.41) is 8.87. The van der Waals surface area contributed by atoms with E-state index in [0.717, 1.165) is 0 Å². The highest BCUT2D eigenvalue weighted by Crippen LogP contribution is 2.17. The first-order chi connectivity index (χ1) is 8.04. The van der Waals surface area contributed by atoms with E-state index in [1.807, 2.05) is 0 Å². The smallest absolute Gasteiger partial charge is 0.315 e. The molecule has 1 heterocycles. The van der Waals surface area contributed by atoms with Gasteiger partial charge in [0.15, 0.2) is 0 Å². The van der Waals surface area contributed by atoms with Gasteiger partial charge in [-0.25, -0.2) is 0 Å². The van der Waals surface area contributed by atoms with Crippen LogP contribution in [0.3, 0.4) is 0 Å². The summed E-state index contributed by atoms with van der Waals surface area (Å²) in [5.41, 5.74) is 0. The van der Waals surface area contributed by atoms with E-state index in [-0.39, 0.29) is 25.5 Å². The van der Waals surface area contributed by atoms with Crippen LogP contribution in [0.25, 0.3) is 0 Å². The number of carbonyl (C=O) groups is 3. The molecule has 96 valence electrons. The van der Waals surface area contributed by atoms with Crippen LogP contribution in [0.2, 0.25) is 0 Å². The minimum absolute atomic E-state index is 0.188. The van der Waals surface area contributed by atoms with Crippen molar-refractivity contribution in [1.82, 2.24) is 4.90 Å². The fourth-order valence-corrected chi connectivity index (χ4v) is 1.85. The number of likely N-dealkylation sites (tertiary alicyclic amines) is 1. The van der Waals surface area contributed by atoms with Gasteiger partial charge in [-0.1, -0.05) is 0 Å². The number of hydrogen-bond donors (Lipinski definition) is 1. The number of esters is 1. The largest absolute Gasteiger partial charge is 0.481 e. The van der Waals surface area contributed by atoms with Crippen molar-refractivity contribution in [3.8, 4) is 0 Å². The number of hydrogen-bond acceptors (Lipinski definition) is 4. The lowest BCUT2D eigenvalue weighted by atomic mass is 9.98. The molecule has 1 atom stereocenters. The fraction of sp³-hybridized carbons (Fsp3) is 0.727. The van der Waals surface area contributed by atoms with Crippen LogP contribution in [-0.2, 0) is 19.1 Å². The minimum atomic E-state index is -0.890. The Kier molecular flexibility index (Phi) is 4.93. The Morgan fingerprint density at radius 3 is 2.71 bits per heavy atom. The lowest BCUT2D eigenvalue weighted by Crippen LogP contribution is -2.43. The number of nitrogens with zero attached hydrogens (tertiary/aromatic N) is 1. The SMILES string of the molecule is CCOC(=O)CC(=O)N1CCCC(C(=O)O)C1. The van der Waals surface area contributed by atoms with E-state index in [0.29, 0.717) is 19.4 Å². The number of carbonyl (C=O) groups excluding carboxylic acids is 2. The highest BCUT2D eigenvalue weighted by Gasteiger charge is 2.28. The quantitative estimate of drug-likeness (QED) is 0.565. The van der Waals surface area contributed by atoms with Crippen molar-refractivity contribution in [1.29, 1.82) is 0 Å².